The smallest absolute Gasteiger partial charge is 0.234 e. The van der Waals surface area contributed by atoms with Crippen molar-refractivity contribution in [2.45, 2.75) is 25.7 Å². The molecule has 6 heteroatoms. The highest BCUT2D eigenvalue weighted by atomic mass is 16.5. The van der Waals surface area contributed by atoms with Crippen LogP contribution < -0.4 is 9.64 Å². The quantitative estimate of drug-likeness (QED) is 0.771. The Labute approximate surface area is 154 Å². The van der Waals surface area contributed by atoms with Crippen molar-refractivity contribution in [3.8, 4) is 5.75 Å². The molecule has 2 amide bonds. The van der Waals surface area contributed by atoms with E-state index >= 15 is 0 Å². The molecule has 1 aliphatic carbocycles. The Bertz CT molecular complexity index is 643. The average Bonchev–Trinajstić information content (AvgIpc) is 2.94. The Kier molecular flexibility index (Phi) is 4.85. The summed E-state index contributed by atoms with van der Waals surface area (Å²) in [4.78, 5) is 31.3. The molecule has 3 aliphatic rings. The van der Waals surface area contributed by atoms with E-state index in [2.05, 4.69) is 21.9 Å². The zero-order valence-corrected chi connectivity index (χ0v) is 15.4. The van der Waals surface area contributed by atoms with Crippen LogP contribution in [0.15, 0.2) is 24.3 Å². The molecular formula is C20H27N3O3. The Morgan fingerprint density at radius 2 is 1.50 bits per heavy atom. The number of benzene rings is 1. The highest BCUT2D eigenvalue weighted by Crippen LogP contribution is 2.38. The number of imide groups is 1. The summed E-state index contributed by atoms with van der Waals surface area (Å²) in [7, 11) is 1.67. The van der Waals surface area contributed by atoms with E-state index in [9.17, 15) is 9.59 Å². The summed E-state index contributed by atoms with van der Waals surface area (Å²) in [6.45, 7) is 3.97. The normalized spacial score (nSPS) is 27.0. The highest BCUT2D eigenvalue weighted by molar-refractivity contribution is 6.05. The maximum Gasteiger partial charge on any atom is 0.234 e. The minimum Gasteiger partial charge on any atom is -0.497 e. The van der Waals surface area contributed by atoms with Crippen LogP contribution in [0.4, 0.5) is 5.69 Å². The molecule has 140 valence electrons. The van der Waals surface area contributed by atoms with Crippen LogP contribution in [0.5, 0.6) is 5.75 Å². The third-order valence-corrected chi connectivity index (χ3v) is 6.08. The van der Waals surface area contributed by atoms with Crippen LogP contribution in [0, 0.1) is 11.8 Å². The number of nitrogens with zero attached hydrogens (tertiary/aromatic N) is 3. The third-order valence-electron chi connectivity index (χ3n) is 6.08. The summed E-state index contributed by atoms with van der Waals surface area (Å²) in [5.74, 6) is 0.906. The number of carbonyl (C=O) groups is 2. The molecule has 3 fully saturated rings. The zero-order valence-electron chi connectivity index (χ0n) is 15.4. The number of piperazine rings is 1. The molecule has 1 aromatic carbocycles. The molecule has 2 saturated heterocycles. The number of hydrogen-bond acceptors (Lipinski definition) is 5. The lowest BCUT2D eigenvalue weighted by atomic mass is 9.81. The molecule has 6 nitrogen and oxygen atoms in total. The van der Waals surface area contributed by atoms with E-state index in [4.69, 9.17) is 4.74 Å². The molecule has 1 aromatic rings. The van der Waals surface area contributed by atoms with Gasteiger partial charge >= 0.3 is 0 Å². The van der Waals surface area contributed by atoms with Crippen molar-refractivity contribution >= 4 is 17.5 Å². The second-order valence-electron chi connectivity index (χ2n) is 7.55. The van der Waals surface area contributed by atoms with E-state index in [0.717, 1.165) is 57.6 Å². The van der Waals surface area contributed by atoms with E-state index in [1.807, 2.05) is 12.1 Å². The van der Waals surface area contributed by atoms with Crippen LogP contribution in [0.25, 0.3) is 0 Å². The molecule has 0 N–H and O–H groups in total. The first-order valence-electron chi connectivity index (χ1n) is 9.64. The minimum absolute atomic E-state index is 0.0446. The maximum atomic E-state index is 12.6. The first kappa shape index (κ1) is 17.3. The molecule has 0 bridgehead atoms. The molecule has 0 aromatic heterocycles. The number of anilines is 1. The van der Waals surface area contributed by atoms with Crippen molar-refractivity contribution in [1.82, 2.24) is 9.80 Å². The van der Waals surface area contributed by atoms with E-state index in [1.165, 1.54) is 10.6 Å². The fourth-order valence-corrected chi connectivity index (χ4v) is 4.51. The Balaban J connectivity index is 1.33. The number of ether oxygens (including phenoxy) is 1. The average molecular weight is 357 g/mol. The monoisotopic (exact) mass is 357 g/mol. The minimum atomic E-state index is -0.0446. The highest BCUT2D eigenvalue weighted by Gasteiger charge is 2.48. The number of likely N-dealkylation sites (tertiary alicyclic amines) is 1. The zero-order chi connectivity index (χ0) is 18.1. The first-order valence-corrected chi connectivity index (χ1v) is 9.64. The van der Waals surface area contributed by atoms with Gasteiger partial charge in [0, 0.05) is 31.9 Å². The van der Waals surface area contributed by atoms with Crippen molar-refractivity contribution in [2.75, 3.05) is 44.9 Å². The van der Waals surface area contributed by atoms with E-state index < -0.39 is 0 Å². The molecule has 2 atom stereocenters. The maximum absolute atomic E-state index is 12.6. The van der Waals surface area contributed by atoms with Crippen molar-refractivity contribution in [1.29, 1.82) is 0 Å². The summed E-state index contributed by atoms with van der Waals surface area (Å²) in [6, 6.07) is 8.11. The molecule has 4 rings (SSSR count). The van der Waals surface area contributed by atoms with Gasteiger partial charge < -0.3 is 9.64 Å². The topological polar surface area (TPSA) is 53.1 Å². The standard InChI is InChI=1S/C20H27N3O3/c1-26-16-8-6-15(7-9-16)22-12-10-21(11-13-22)14-23-19(24)17-4-2-3-5-18(17)20(23)25/h6-9,17-18H,2-5,10-14H2,1H3. The van der Waals surface area contributed by atoms with Crippen molar-refractivity contribution < 1.29 is 14.3 Å². The van der Waals surface area contributed by atoms with Crippen LogP contribution in [0.3, 0.4) is 0 Å². The summed E-state index contributed by atoms with van der Waals surface area (Å²) in [5, 5.41) is 0. The van der Waals surface area contributed by atoms with Crippen LogP contribution in [-0.4, -0.2) is 61.6 Å². The number of fused-ring (bicyclic) bond motifs is 1. The predicted molar refractivity (Wildman–Crippen MR) is 98.9 cm³/mol. The predicted octanol–water partition coefficient (Wildman–Crippen LogP) is 1.95. The lowest BCUT2D eigenvalue weighted by Crippen LogP contribution is -2.51. The van der Waals surface area contributed by atoms with Crippen molar-refractivity contribution in [3.05, 3.63) is 24.3 Å². The number of carbonyl (C=O) groups excluding carboxylic acids is 2. The number of hydrogen-bond donors (Lipinski definition) is 0. The molecule has 2 unspecified atom stereocenters. The summed E-state index contributed by atoms with van der Waals surface area (Å²) in [6.07, 6.45) is 3.93. The van der Waals surface area contributed by atoms with Crippen LogP contribution in [0.2, 0.25) is 0 Å². The van der Waals surface area contributed by atoms with E-state index in [-0.39, 0.29) is 23.7 Å². The van der Waals surface area contributed by atoms with Crippen molar-refractivity contribution in [2.24, 2.45) is 11.8 Å². The van der Waals surface area contributed by atoms with Gasteiger partial charge in [0.25, 0.3) is 0 Å². The van der Waals surface area contributed by atoms with Gasteiger partial charge in [0.05, 0.1) is 25.6 Å². The van der Waals surface area contributed by atoms with Gasteiger partial charge in [0.1, 0.15) is 5.75 Å². The van der Waals surface area contributed by atoms with E-state index in [0.29, 0.717) is 6.67 Å². The van der Waals surface area contributed by atoms with Gasteiger partial charge in [-0.2, -0.15) is 0 Å². The molecule has 2 heterocycles. The number of amides is 2. The molecule has 0 radical (unpaired) electrons. The van der Waals surface area contributed by atoms with Crippen molar-refractivity contribution in [3.63, 3.8) is 0 Å². The number of rotatable bonds is 4. The lowest BCUT2D eigenvalue weighted by molar-refractivity contribution is -0.142. The molecular weight excluding hydrogens is 330 g/mol. The summed E-state index contributed by atoms with van der Waals surface area (Å²) >= 11 is 0. The van der Waals surface area contributed by atoms with Crippen LogP contribution in [0.1, 0.15) is 25.7 Å². The number of methoxy groups -OCH3 is 1. The van der Waals surface area contributed by atoms with Gasteiger partial charge in [-0.05, 0) is 37.1 Å². The summed E-state index contributed by atoms with van der Waals surface area (Å²) < 4.78 is 5.21. The van der Waals surface area contributed by atoms with Gasteiger partial charge in [0.2, 0.25) is 11.8 Å². The van der Waals surface area contributed by atoms with Gasteiger partial charge in [-0.25, -0.2) is 0 Å². The molecule has 2 aliphatic heterocycles. The van der Waals surface area contributed by atoms with Crippen LogP contribution in [-0.2, 0) is 9.59 Å². The second kappa shape index (κ2) is 7.27. The fraction of sp³-hybridized carbons (Fsp3) is 0.600. The molecule has 1 saturated carbocycles. The first-order chi connectivity index (χ1) is 12.7. The largest absolute Gasteiger partial charge is 0.497 e. The Morgan fingerprint density at radius 1 is 0.923 bits per heavy atom. The van der Waals surface area contributed by atoms with E-state index in [1.54, 1.807) is 7.11 Å². The Hall–Kier alpha value is -2.08. The fourth-order valence-electron chi connectivity index (χ4n) is 4.51. The second-order valence-corrected chi connectivity index (χ2v) is 7.55. The molecule has 26 heavy (non-hydrogen) atoms. The van der Waals surface area contributed by atoms with Gasteiger partial charge in [0.15, 0.2) is 0 Å². The molecule has 0 spiro atoms. The van der Waals surface area contributed by atoms with Crippen LogP contribution >= 0.6 is 0 Å². The SMILES string of the molecule is COc1ccc(N2CCN(CN3C(=O)C4CCCCC4C3=O)CC2)cc1. The Morgan fingerprint density at radius 3 is 2.04 bits per heavy atom. The summed E-state index contributed by atoms with van der Waals surface area (Å²) in [5.41, 5.74) is 1.18. The van der Waals surface area contributed by atoms with Gasteiger partial charge in [-0.1, -0.05) is 12.8 Å². The van der Waals surface area contributed by atoms with Gasteiger partial charge in [-0.3, -0.25) is 19.4 Å². The lowest BCUT2D eigenvalue weighted by Gasteiger charge is -2.37. The third kappa shape index (κ3) is 3.18. The van der Waals surface area contributed by atoms with Gasteiger partial charge in [-0.15, -0.1) is 0 Å².